The van der Waals surface area contributed by atoms with Crippen LogP contribution in [-0.2, 0) is 4.79 Å². The fraction of sp³-hybridized carbons (Fsp3) is 0.909. The lowest BCUT2D eigenvalue weighted by Crippen LogP contribution is -2.38. The van der Waals surface area contributed by atoms with Crippen LogP contribution in [0.5, 0.6) is 0 Å². The first-order chi connectivity index (χ1) is 6.67. The zero-order valence-electron chi connectivity index (χ0n) is 8.76. The van der Waals surface area contributed by atoms with Crippen molar-refractivity contribution in [1.29, 1.82) is 0 Å². The third-order valence-electron chi connectivity index (χ3n) is 3.79. The van der Waals surface area contributed by atoms with Crippen LogP contribution in [0.4, 0.5) is 0 Å². The quantitative estimate of drug-likeness (QED) is 0.699. The number of likely N-dealkylation sites (tertiary alicyclic amines) is 1. The van der Waals surface area contributed by atoms with Gasteiger partial charge in [-0.25, -0.2) is 0 Å². The Labute approximate surface area is 94.2 Å². The van der Waals surface area contributed by atoms with Gasteiger partial charge in [-0.05, 0) is 31.1 Å². The first kappa shape index (κ1) is 10.5. The molecule has 1 saturated heterocycles. The number of hydrogen-bond donors (Lipinski definition) is 0. The molecule has 0 N–H and O–H groups in total. The Kier molecular flexibility index (Phi) is 2.87. The number of hydrogen-bond acceptors (Lipinski definition) is 1. The molecule has 1 saturated carbocycles. The molecule has 0 aromatic rings. The smallest absolute Gasteiger partial charge is 0.236 e. The first-order valence-corrected chi connectivity index (χ1v) is 6.51. The van der Waals surface area contributed by atoms with Crippen LogP contribution in [0.3, 0.4) is 0 Å². The van der Waals surface area contributed by atoms with Crippen LogP contribution in [0.15, 0.2) is 0 Å². The first-order valence-electron chi connectivity index (χ1n) is 5.60. The van der Waals surface area contributed by atoms with Gasteiger partial charge in [-0.15, -0.1) is 0 Å². The number of amides is 1. The summed E-state index contributed by atoms with van der Waals surface area (Å²) < 4.78 is 0. The van der Waals surface area contributed by atoms with Crippen molar-refractivity contribution < 1.29 is 4.79 Å². The lowest BCUT2D eigenvalue weighted by atomic mass is 9.68. The third kappa shape index (κ3) is 1.71. The van der Waals surface area contributed by atoms with E-state index in [-0.39, 0.29) is 4.83 Å². The van der Waals surface area contributed by atoms with Gasteiger partial charge in [0.05, 0.1) is 4.83 Å². The highest BCUT2D eigenvalue weighted by molar-refractivity contribution is 9.10. The van der Waals surface area contributed by atoms with Crippen LogP contribution in [0.25, 0.3) is 0 Å². The third-order valence-corrected chi connectivity index (χ3v) is 4.83. The molecule has 1 amide bonds. The summed E-state index contributed by atoms with van der Waals surface area (Å²) in [7, 11) is 0. The highest BCUT2D eigenvalue weighted by atomic mass is 79.9. The fourth-order valence-electron chi connectivity index (χ4n) is 2.58. The van der Waals surface area contributed by atoms with Gasteiger partial charge in [-0.1, -0.05) is 29.3 Å². The zero-order valence-corrected chi connectivity index (χ0v) is 10.3. The number of carbonyl (C=O) groups excluding carboxylic acids is 1. The maximum absolute atomic E-state index is 11.9. The van der Waals surface area contributed by atoms with Crippen molar-refractivity contribution in [2.75, 3.05) is 13.1 Å². The minimum atomic E-state index is 0.0396. The molecule has 1 aliphatic heterocycles. The van der Waals surface area contributed by atoms with Crippen molar-refractivity contribution >= 4 is 21.8 Å². The summed E-state index contributed by atoms with van der Waals surface area (Å²) in [6.45, 7) is 4.06. The normalized spacial score (nSPS) is 26.3. The number of halogens is 1. The molecular weight excluding hydrogens is 242 g/mol. The van der Waals surface area contributed by atoms with Crippen molar-refractivity contribution in [3.05, 3.63) is 0 Å². The van der Waals surface area contributed by atoms with E-state index in [0.717, 1.165) is 19.5 Å². The Bertz CT molecular complexity index is 237. The molecule has 3 heteroatoms. The summed E-state index contributed by atoms with van der Waals surface area (Å²) in [5.74, 6) is 0.302. The highest BCUT2D eigenvalue weighted by Crippen LogP contribution is 2.48. The Balaban J connectivity index is 1.91. The van der Waals surface area contributed by atoms with Crippen LogP contribution in [-0.4, -0.2) is 28.7 Å². The number of rotatable bonds is 2. The molecule has 14 heavy (non-hydrogen) atoms. The Morgan fingerprint density at radius 2 is 2.21 bits per heavy atom. The van der Waals surface area contributed by atoms with Crippen molar-refractivity contribution in [3.8, 4) is 0 Å². The van der Waals surface area contributed by atoms with Gasteiger partial charge in [0.15, 0.2) is 0 Å². The van der Waals surface area contributed by atoms with E-state index in [1.807, 2.05) is 6.92 Å². The molecular formula is C11H18BrNO. The molecule has 1 atom stereocenters. The summed E-state index contributed by atoms with van der Waals surface area (Å²) in [4.78, 5) is 14.0. The lowest BCUT2D eigenvalue weighted by Gasteiger charge is -2.38. The molecule has 0 radical (unpaired) electrons. The SMILES string of the molecule is CCC(Br)C(=O)N1CCC2(CCC2)C1. The van der Waals surface area contributed by atoms with E-state index >= 15 is 0 Å². The van der Waals surface area contributed by atoms with Crippen LogP contribution < -0.4 is 0 Å². The molecule has 2 nitrogen and oxygen atoms in total. The summed E-state index contributed by atoms with van der Waals surface area (Å²) >= 11 is 3.44. The van der Waals surface area contributed by atoms with Crippen molar-refractivity contribution in [1.82, 2.24) is 4.90 Å². The Morgan fingerprint density at radius 1 is 1.50 bits per heavy atom. The van der Waals surface area contributed by atoms with Gasteiger partial charge in [0.25, 0.3) is 0 Å². The number of nitrogens with zero attached hydrogens (tertiary/aromatic N) is 1. The van der Waals surface area contributed by atoms with Gasteiger partial charge in [0, 0.05) is 13.1 Å². The summed E-state index contributed by atoms with van der Waals surface area (Å²) in [6.07, 6.45) is 6.18. The second-order valence-corrected chi connectivity index (χ2v) is 5.84. The number of carbonyl (C=O) groups is 1. The zero-order chi connectivity index (χ0) is 10.2. The van der Waals surface area contributed by atoms with Crippen LogP contribution in [0.1, 0.15) is 39.0 Å². The van der Waals surface area contributed by atoms with E-state index in [2.05, 4.69) is 20.8 Å². The minimum absolute atomic E-state index is 0.0396. The second kappa shape index (κ2) is 3.84. The summed E-state index contributed by atoms with van der Waals surface area (Å²) in [5.41, 5.74) is 0.538. The van der Waals surface area contributed by atoms with E-state index in [0.29, 0.717) is 11.3 Å². The molecule has 0 aromatic carbocycles. The van der Waals surface area contributed by atoms with Gasteiger partial charge in [-0.3, -0.25) is 4.79 Å². The number of alkyl halides is 1. The summed E-state index contributed by atoms with van der Waals surface area (Å²) in [6, 6.07) is 0. The van der Waals surface area contributed by atoms with E-state index < -0.39 is 0 Å². The molecule has 0 bridgehead atoms. The molecule has 0 aromatic heterocycles. The average molecular weight is 260 g/mol. The van der Waals surface area contributed by atoms with Crippen molar-refractivity contribution in [2.24, 2.45) is 5.41 Å². The van der Waals surface area contributed by atoms with Crippen LogP contribution >= 0.6 is 15.9 Å². The van der Waals surface area contributed by atoms with Crippen LogP contribution in [0.2, 0.25) is 0 Å². The molecule has 2 fully saturated rings. The fourth-order valence-corrected chi connectivity index (χ4v) is 2.87. The molecule has 2 aliphatic rings. The van der Waals surface area contributed by atoms with E-state index in [1.54, 1.807) is 0 Å². The largest absolute Gasteiger partial charge is 0.341 e. The Hall–Kier alpha value is -0.0500. The average Bonchev–Trinajstić information content (AvgIpc) is 2.59. The minimum Gasteiger partial charge on any atom is -0.341 e. The van der Waals surface area contributed by atoms with Crippen molar-refractivity contribution in [3.63, 3.8) is 0 Å². The van der Waals surface area contributed by atoms with Gasteiger partial charge in [0.2, 0.25) is 5.91 Å². The maximum atomic E-state index is 11.9. The van der Waals surface area contributed by atoms with E-state index in [1.165, 1.54) is 25.7 Å². The van der Waals surface area contributed by atoms with Gasteiger partial charge < -0.3 is 4.90 Å². The Morgan fingerprint density at radius 3 is 2.64 bits per heavy atom. The molecule has 1 aliphatic carbocycles. The second-order valence-electron chi connectivity index (χ2n) is 4.74. The van der Waals surface area contributed by atoms with Gasteiger partial charge >= 0.3 is 0 Å². The van der Waals surface area contributed by atoms with Gasteiger partial charge in [0.1, 0.15) is 0 Å². The van der Waals surface area contributed by atoms with E-state index in [4.69, 9.17) is 0 Å². The van der Waals surface area contributed by atoms with Gasteiger partial charge in [-0.2, -0.15) is 0 Å². The summed E-state index contributed by atoms with van der Waals surface area (Å²) in [5, 5.41) is 0. The predicted octanol–water partition coefficient (Wildman–Crippen LogP) is 2.56. The monoisotopic (exact) mass is 259 g/mol. The molecule has 1 heterocycles. The van der Waals surface area contributed by atoms with E-state index in [9.17, 15) is 4.79 Å². The molecule has 80 valence electrons. The lowest BCUT2D eigenvalue weighted by molar-refractivity contribution is -0.130. The molecule has 1 spiro atoms. The molecule has 2 rings (SSSR count). The topological polar surface area (TPSA) is 20.3 Å². The van der Waals surface area contributed by atoms with Crippen LogP contribution in [0, 0.1) is 5.41 Å². The van der Waals surface area contributed by atoms with Crippen molar-refractivity contribution in [2.45, 2.75) is 43.9 Å². The predicted molar refractivity (Wildman–Crippen MR) is 60.5 cm³/mol. The standard InChI is InChI=1S/C11H18BrNO/c1-2-9(12)10(14)13-7-6-11(8-13)4-3-5-11/h9H,2-8H2,1H3. The molecule has 1 unspecified atom stereocenters. The maximum Gasteiger partial charge on any atom is 0.236 e. The highest BCUT2D eigenvalue weighted by Gasteiger charge is 2.44.